The molecule has 5 rings (SSSR count). The van der Waals surface area contributed by atoms with Crippen molar-refractivity contribution in [3.05, 3.63) is 77.0 Å². The van der Waals surface area contributed by atoms with E-state index in [-0.39, 0.29) is 0 Å². The Hall–Kier alpha value is -4.00. The smallest absolute Gasteiger partial charge is 0.370 e. The van der Waals surface area contributed by atoms with E-state index >= 15 is 0 Å². The van der Waals surface area contributed by atoms with Crippen LogP contribution < -0.4 is 16.4 Å². The fourth-order valence-electron chi connectivity index (χ4n) is 4.29. The Morgan fingerprint density at radius 2 is 1.78 bits per heavy atom. The predicted molar refractivity (Wildman–Crippen MR) is 137 cm³/mol. The fraction of sp³-hybridized carbons (Fsp3) is 0.208. The van der Waals surface area contributed by atoms with Gasteiger partial charge in [0.25, 0.3) is 5.91 Å². The number of benzene rings is 2. The number of nitrogens with zero attached hydrogens (tertiary/aromatic N) is 3. The molecule has 0 saturated carbocycles. The van der Waals surface area contributed by atoms with Crippen molar-refractivity contribution < 1.29 is 22.3 Å². The minimum Gasteiger partial charge on any atom is -0.370 e. The number of hydrogen-bond acceptors (Lipinski definition) is 7. The molecule has 0 saturated heterocycles. The van der Waals surface area contributed by atoms with Crippen LogP contribution in [0.2, 0.25) is 0 Å². The largest absolute Gasteiger partial charge is 0.394 e. The summed E-state index contributed by atoms with van der Waals surface area (Å²) in [5, 5.41) is 7.72. The number of fused-ring (bicyclic) bond motifs is 2. The predicted octanol–water partition coefficient (Wildman–Crippen LogP) is 3.15. The molecule has 0 spiro atoms. The third-order valence-electron chi connectivity index (χ3n) is 5.75. The summed E-state index contributed by atoms with van der Waals surface area (Å²) in [6.07, 6.45) is 1.95. The van der Waals surface area contributed by atoms with E-state index in [9.17, 15) is 4.79 Å². The molecule has 0 aliphatic carbocycles. The zero-order chi connectivity index (χ0) is 25.9. The molecule has 2 aromatic heterocycles. The molecular weight excluding hydrogens is 484 g/mol. The van der Waals surface area contributed by atoms with E-state index in [1.165, 1.54) is 5.56 Å². The first-order valence-corrected chi connectivity index (χ1v) is 12.6. The molecule has 1 amide bonds. The first-order valence-electron chi connectivity index (χ1n) is 11.2. The molecule has 4 aromatic rings. The van der Waals surface area contributed by atoms with Gasteiger partial charge in [0.05, 0.1) is 11.1 Å². The molecule has 1 aliphatic heterocycles. The standard InChI is InChI=1S/C24H24N6O.H2O4S/c1-15-20(21(25)31)17-10-5-6-12-19(17)30(15)24-28-22-18(11-7-13-26-22)23(29-24)27-14-16-8-3-2-4-9-16;1-5(2,3)4/h2-6,8-10,12H,7,11,13-14H2,1H3,(H2,25,31)(H2,26,27,28,29);(H2,1,2,3,4). The second kappa shape index (κ2) is 10.3. The zero-order valence-corrected chi connectivity index (χ0v) is 20.3. The Bertz CT molecular complexity index is 1510. The highest BCUT2D eigenvalue weighted by molar-refractivity contribution is 7.79. The Kier molecular flexibility index (Phi) is 7.20. The van der Waals surface area contributed by atoms with Crippen LogP contribution in [0.4, 0.5) is 11.6 Å². The number of anilines is 2. The molecule has 3 heterocycles. The van der Waals surface area contributed by atoms with Gasteiger partial charge < -0.3 is 16.4 Å². The lowest BCUT2D eigenvalue weighted by molar-refractivity contribution is 0.100. The Morgan fingerprint density at radius 1 is 1.11 bits per heavy atom. The topological polar surface area (TPSA) is 172 Å². The molecule has 0 fully saturated rings. The number of hydrogen-bond donors (Lipinski definition) is 5. The summed E-state index contributed by atoms with van der Waals surface area (Å²) in [7, 11) is -4.67. The van der Waals surface area contributed by atoms with Crippen molar-refractivity contribution in [2.75, 3.05) is 17.2 Å². The summed E-state index contributed by atoms with van der Waals surface area (Å²) in [6, 6.07) is 17.9. The molecule has 0 bridgehead atoms. The van der Waals surface area contributed by atoms with E-state index in [2.05, 4.69) is 22.8 Å². The van der Waals surface area contributed by atoms with Gasteiger partial charge in [-0.1, -0.05) is 48.5 Å². The van der Waals surface area contributed by atoms with E-state index in [0.717, 1.165) is 53.2 Å². The van der Waals surface area contributed by atoms with Crippen molar-refractivity contribution in [2.45, 2.75) is 26.3 Å². The maximum Gasteiger partial charge on any atom is 0.394 e. The average molecular weight is 511 g/mol. The van der Waals surface area contributed by atoms with E-state index < -0.39 is 16.3 Å². The molecule has 36 heavy (non-hydrogen) atoms. The summed E-state index contributed by atoms with van der Waals surface area (Å²) < 4.78 is 33.5. The second-order valence-corrected chi connectivity index (χ2v) is 9.09. The van der Waals surface area contributed by atoms with Crippen LogP contribution in [-0.4, -0.2) is 44.5 Å². The minimum absolute atomic E-state index is 0.453. The first-order chi connectivity index (χ1) is 17.1. The van der Waals surface area contributed by atoms with Crippen molar-refractivity contribution in [2.24, 2.45) is 5.73 Å². The van der Waals surface area contributed by atoms with Gasteiger partial charge in [0.1, 0.15) is 11.6 Å². The van der Waals surface area contributed by atoms with E-state index in [1.54, 1.807) is 0 Å². The van der Waals surface area contributed by atoms with Crippen LogP contribution >= 0.6 is 0 Å². The van der Waals surface area contributed by atoms with Gasteiger partial charge in [0.15, 0.2) is 0 Å². The number of nitrogens with two attached hydrogens (primary N) is 1. The van der Waals surface area contributed by atoms with Crippen LogP contribution in [-0.2, 0) is 23.4 Å². The van der Waals surface area contributed by atoms with Crippen LogP contribution in [0.3, 0.4) is 0 Å². The van der Waals surface area contributed by atoms with Gasteiger partial charge in [-0.25, -0.2) is 0 Å². The molecule has 0 radical (unpaired) electrons. The summed E-state index contributed by atoms with van der Waals surface area (Å²) >= 11 is 0. The molecule has 6 N–H and O–H groups in total. The summed E-state index contributed by atoms with van der Waals surface area (Å²) in [4.78, 5) is 21.9. The summed E-state index contributed by atoms with van der Waals surface area (Å²) in [5.41, 5.74) is 10.1. The average Bonchev–Trinajstić information content (AvgIpc) is 3.14. The third-order valence-corrected chi connectivity index (χ3v) is 5.75. The Balaban J connectivity index is 0.000000556. The van der Waals surface area contributed by atoms with Gasteiger partial charge in [-0.3, -0.25) is 18.5 Å². The minimum atomic E-state index is -4.67. The van der Waals surface area contributed by atoms with Gasteiger partial charge in [-0.2, -0.15) is 18.4 Å². The highest BCUT2D eigenvalue weighted by Gasteiger charge is 2.23. The lowest BCUT2D eigenvalue weighted by Gasteiger charge is -2.22. The van der Waals surface area contributed by atoms with Crippen LogP contribution in [0.1, 0.15) is 33.6 Å². The lowest BCUT2D eigenvalue weighted by atomic mass is 10.1. The summed E-state index contributed by atoms with van der Waals surface area (Å²) in [5.74, 6) is 1.72. The molecule has 0 unspecified atom stereocenters. The van der Waals surface area contributed by atoms with Crippen molar-refractivity contribution in [3.63, 3.8) is 0 Å². The number of nitrogens with one attached hydrogen (secondary N) is 2. The highest BCUT2D eigenvalue weighted by Crippen LogP contribution is 2.32. The van der Waals surface area contributed by atoms with E-state index in [0.29, 0.717) is 18.1 Å². The SMILES string of the molecule is Cc1c(C(N)=O)c2ccccc2n1-c1nc2c(c(NCc3ccccc3)n1)CCCN2.O=S(=O)(O)O. The molecule has 11 nitrogen and oxygen atoms in total. The van der Waals surface area contributed by atoms with Crippen LogP contribution in [0.5, 0.6) is 0 Å². The highest BCUT2D eigenvalue weighted by atomic mass is 32.3. The monoisotopic (exact) mass is 510 g/mol. The number of carbonyl (C=O) groups excluding carboxylic acids is 1. The van der Waals surface area contributed by atoms with Gasteiger partial charge in [0, 0.05) is 29.7 Å². The Morgan fingerprint density at radius 3 is 2.47 bits per heavy atom. The molecule has 188 valence electrons. The molecule has 2 aromatic carbocycles. The molecule has 1 aliphatic rings. The number of para-hydroxylation sites is 1. The van der Waals surface area contributed by atoms with Crippen molar-refractivity contribution in [1.82, 2.24) is 14.5 Å². The number of aromatic nitrogens is 3. The lowest BCUT2D eigenvalue weighted by Crippen LogP contribution is -2.19. The van der Waals surface area contributed by atoms with Crippen LogP contribution in [0, 0.1) is 6.92 Å². The number of primary amides is 1. The fourth-order valence-corrected chi connectivity index (χ4v) is 4.29. The molecular formula is C24H26N6O5S. The van der Waals surface area contributed by atoms with Gasteiger partial charge in [0.2, 0.25) is 5.95 Å². The van der Waals surface area contributed by atoms with Crippen molar-refractivity contribution in [3.8, 4) is 5.95 Å². The second-order valence-electron chi connectivity index (χ2n) is 8.19. The molecule has 0 atom stereocenters. The zero-order valence-electron chi connectivity index (χ0n) is 19.5. The van der Waals surface area contributed by atoms with E-state index in [4.69, 9.17) is 33.2 Å². The van der Waals surface area contributed by atoms with Gasteiger partial charge >= 0.3 is 10.4 Å². The number of rotatable bonds is 5. The van der Waals surface area contributed by atoms with Crippen molar-refractivity contribution in [1.29, 1.82) is 0 Å². The number of amides is 1. The van der Waals surface area contributed by atoms with Gasteiger partial charge in [-0.05, 0) is 31.4 Å². The van der Waals surface area contributed by atoms with Crippen LogP contribution in [0.15, 0.2) is 54.6 Å². The van der Waals surface area contributed by atoms with E-state index in [1.807, 2.05) is 54.0 Å². The molecule has 12 heteroatoms. The maximum absolute atomic E-state index is 12.2. The Labute approximate surface area is 208 Å². The van der Waals surface area contributed by atoms with Gasteiger partial charge in [-0.15, -0.1) is 0 Å². The number of carbonyl (C=O) groups is 1. The quantitative estimate of drug-likeness (QED) is 0.253. The van der Waals surface area contributed by atoms with Crippen molar-refractivity contribution >= 4 is 38.8 Å². The maximum atomic E-state index is 12.2. The van der Waals surface area contributed by atoms with Crippen LogP contribution in [0.25, 0.3) is 16.9 Å². The first kappa shape index (κ1) is 25.1. The summed E-state index contributed by atoms with van der Waals surface area (Å²) in [6.45, 7) is 3.43. The third kappa shape index (κ3) is 5.62. The normalized spacial score (nSPS) is 12.8.